The van der Waals surface area contributed by atoms with Gasteiger partial charge in [0.2, 0.25) is 34.1 Å². The lowest BCUT2D eigenvalue weighted by Gasteiger charge is -2.34. The molecule has 0 radical (unpaired) electrons. The molecule has 15 rings (SSSR count). The minimum atomic E-state index is -0.632. The largest absolute Gasteiger partial charge is 0.324 e. The number of hydrogen-bond donors (Lipinski definition) is 6. The minimum absolute atomic E-state index is 0.0587. The summed E-state index contributed by atoms with van der Waals surface area (Å²) in [4.78, 5) is 127. The highest BCUT2D eigenvalue weighted by Gasteiger charge is 2.27. The van der Waals surface area contributed by atoms with Gasteiger partial charge in [0.25, 0.3) is 17.7 Å². The Morgan fingerprint density at radius 3 is 0.950 bits per heavy atom. The monoisotopic (exact) mass is 1620 g/mol. The third-order valence-electron chi connectivity index (χ3n) is 22.7. The molecule has 624 valence electrons. The summed E-state index contributed by atoms with van der Waals surface area (Å²) in [6, 6.07) is 49.9. The number of likely N-dealkylation sites (tertiary alicyclic amines) is 3. The molecule has 27 heteroatoms. The van der Waals surface area contributed by atoms with Crippen LogP contribution in [0.25, 0.3) is 50.2 Å². The van der Waals surface area contributed by atoms with E-state index in [0.29, 0.717) is 58.6 Å². The zero-order chi connectivity index (χ0) is 84.3. The van der Waals surface area contributed by atoms with E-state index in [2.05, 4.69) is 159 Å². The van der Waals surface area contributed by atoms with Crippen molar-refractivity contribution in [2.45, 2.75) is 142 Å². The fourth-order valence-electron chi connectivity index (χ4n) is 15.9. The van der Waals surface area contributed by atoms with Crippen molar-refractivity contribution in [2.75, 3.05) is 90.1 Å². The zero-order valence-electron chi connectivity index (χ0n) is 70.1. The molecule has 0 bridgehead atoms. The smallest absolute Gasteiger partial charge is 0.280 e. The predicted octanol–water partition coefficient (Wildman–Crippen LogP) is 14.9. The van der Waals surface area contributed by atoms with Gasteiger partial charge in [-0.15, -0.1) is 0 Å². The topological polar surface area (TPSA) is 304 Å². The van der Waals surface area contributed by atoms with Crippen LogP contribution < -0.4 is 48.7 Å². The number of amides is 3. The van der Waals surface area contributed by atoms with E-state index in [0.717, 1.165) is 118 Å². The first-order valence-corrected chi connectivity index (χ1v) is 41.7. The second kappa shape index (κ2) is 40.5. The lowest BCUT2D eigenvalue weighted by atomic mass is 9.89. The molecule has 0 saturated carbocycles. The number of hydrogen-bond acceptors (Lipinski definition) is 21. The lowest BCUT2D eigenvalue weighted by molar-refractivity contribution is 0.0532. The SMILES string of the molecule is CCCc1ccc(-n2cc(C(=O)NOC)c(=O)c3cnc(Nc4ccc(C5CCN(C(C)C)CC5)cc4)nc32)cc1.CCCc1ccc(-n2cc(C(=O)NOC)c(=O)c3cnc(Nc4ccc(C5CCN(C)CC5)cc4)nc32)cc1.CCCc1ccc(-n2cc(C(=O)NOC)c(=O)c3cnc(Nc4ccc(C5CCN(CC)CC5)cc4)nc32)cc1. The highest BCUT2D eigenvalue weighted by atomic mass is 16.6. The Morgan fingerprint density at radius 1 is 0.400 bits per heavy atom. The number of aryl methyl sites for hydroxylation is 3. The number of hydroxylamine groups is 3. The number of pyridine rings is 3. The van der Waals surface area contributed by atoms with Crippen LogP contribution in [0.5, 0.6) is 0 Å². The number of nitrogens with one attached hydrogen (secondary N) is 6. The van der Waals surface area contributed by atoms with Crippen molar-refractivity contribution >= 4 is 85.7 Å². The number of rotatable bonds is 26. The van der Waals surface area contributed by atoms with Gasteiger partial charge in [0.15, 0.2) is 16.9 Å². The number of carbonyl (C=O) groups is 3. The molecule has 3 saturated heterocycles. The van der Waals surface area contributed by atoms with Crippen LogP contribution in [-0.4, -0.2) is 156 Å². The van der Waals surface area contributed by atoms with Crippen LogP contribution in [0, 0.1) is 0 Å². The van der Waals surface area contributed by atoms with Gasteiger partial charge in [-0.1, -0.05) is 120 Å². The Kier molecular flexibility index (Phi) is 28.9. The van der Waals surface area contributed by atoms with Crippen LogP contribution in [0.3, 0.4) is 0 Å². The minimum Gasteiger partial charge on any atom is -0.324 e. The number of piperidine rings is 3. The number of benzene rings is 6. The van der Waals surface area contributed by atoms with Crippen LogP contribution in [0.2, 0.25) is 0 Å². The molecule has 120 heavy (non-hydrogen) atoms. The summed E-state index contributed by atoms with van der Waals surface area (Å²) in [5.74, 6) is 0.917. The van der Waals surface area contributed by atoms with E-state index < -0.39 is 34.0 Å². The quantitative estimate of drug-likeness (QED) is 0.0274. The molecule has 6 N–H and O–H groups in total. The van der Waals surface area contributed by atoms with Crippen molar-refractivity contribution in [1.29, 1.82) is 0 Å². The van der Waals surface area contributed by atoms with Crippen molar-refractivity contribution in [3.63, 3.8) is 0 Å². The second-order valence-corrected chi connectivity index (χ2v) is 31.1. The van der Waals surface area contributed by atoms with Crippen LogP contribution in [0.4, 0.5) is 34.9 Å². The summed E-state index contributed by atoms with van der Waals surface area (Å²) in [7, 11) is 6.15. The maximum absolute atomic E-state index is 13.2. The van der Waals surface area contributed by atoms with Gasteiger partial charge in [-0.25, -0.2) is 31.4 Å². The Bertz CT molecular complexity index is 5700. The number of aromatic nitrogens is 9. The Morgan fingerprint density at radius 2 is 0.683 bits per heavy atom. The molecule has 6 aromatic carbocycles. The Balaban J connectivity index is 0.000000156. The van der Waals surface area contributed by atoms with Crippen molar-refractivity contribution < 1.29 is 28.9 Å². The van der Waals surface area contributed by atoms with Crippen LogP contribution >= 0.6 is 0 Å². The van der Waals surface area contributed by atoms with Crippen LogP contribution in [0.15, 0.2) is 197 Å². The number of carbonyl (C=O) groups excluding carboxylic acids is 3. The molecule has 0 atom stereocenters. The normalized spacial score (nSPS) is 14.4. The average molecular weight is 1620 g/mol. The Hall–Kier alpha value is -12.2. The van der Waals surface area contributed by atoms with Gasteiger partial charge < -0.3 is 44.4 Å². The molecule has 27 nitrogen and oxygen atoms in total. The van der Waals surface area contributed by atoms with Crippen LogP contribution in [-0.2, 0) is 33.8 Å². The third kappa shape index (κ3) is 20.7. The van der Waals surface area contributed by atoms with Gasteiger partial charge in [0.05, 0.1) is 37.5 Å². The van der Waals surface area contributed by atoms with Crippen molar-refractivity contribution in [3.8, 4) is 17.1 Å². The van der Waals surface area contributed by atoms with Crippen molar-refractivity contribution in [3.05, 3.63) is 264 Å². The summed E-state index contributed by atoms with van der Waals surface area (Å²) in [6.45, 7) is 21.0. The first-order valence-electron chi connectivity index (χ1n) is 41.7. The first kappa shape index (κ1) is 85.6. The summed E-state index contributed by atoms with van der Waals surface area (Å²) in [5.41, 5.74) is 19.0. The fourth-order valence-corrected chi connectivity index (χ4v) is 15.9. The van der Waals surface area contributed by atoms with E-state index in [4.69, 9.17) is 29.5 Å². The van der Waals surface area contributed by atoms with Gasteiger partial charge in [0.1, 0.15) is 16.7 Å². The van der Waals surface area contributed by atoms with Gasteiger partial charge in [-0.2, -0.15) is 15.0 Å². The predicted molar refractivity (Wildman–Crippen MR) is 472 cm³/mol. The van der Waals surface area contributed by atoms with Crippen LogP contribution in [0.1, 0.15) is 182 Å². The molecule has 3 aliphatic rings. The van der Waals surface area contributed by atoms with E-state index >= 15 is 0 Å². The van der Waals surface area contributed by atoms with E-state index in [1.807, 2.05) is 97.1 Å². The maximum Gasteiger partial charge on any atom is 0.280 e. The van der Waals surface area contributed by atoms with Crippen molar-refractivity contribution in [1.82, 2.24) is 74.7 Å². The standard InChI is InChI=1S/C32H38N6O3.C31H36N6O3.C30H34N6O3/c1-5-6-22-7-13-26(14-8-22)38-20-28(31(40)36-41-4)29(39)27-19-33-32(35-30(27)38)34-25-11-9-23(10-12-25)24-15-17-37(18-16-24)21(2)3;1-4-6-21-7-13-25(14-8-21)37-20-27(30(39)35-40-3)28(38)26-19-32-31(34-29(26)37)33-24-11-9-22(10-12-24)23-15-17-36(5-2)18-16-23;1-4-5-20-6-12-24(13-7-20)36-19-26(29(38)34-39-3)27(37)25-18-31-30(33-28(25)36)32-23-10-8-21(9-11-23)22-14-16-35(2)17-15-22/h7-14,19-21,24H,5-6,15-18H2,1-4H3,(H,36,40)(H,33,34,35);7-14,19-20,23H,4-6,15-18H2,1-3H3,(H,35,39)(H,32,33,34);6-13,18-19,22H,4-5,14-17H2,1-3H3,(H,34,38)(H,31,32,33). The first-order chi connectivity index (χ1) is 58.3. The van der Waals surface area contributed by atoms with Crippen molar-refractivity contribution in [2.24, 2.45) is 0 Å². The molecule has 3 fully saturated rings. The fraction of sp³-hybridized carbons (Fsp3) is 0.355. The molecule has 0 spiro atoms. The molecular weight excluding hydrogens is 1510 g/mol. The highest BCUT2D eigenvalue weighted by Crippen LogP contribution is 2.34. The number of nitrogens with zero attached hydrogens (tertiary/aromatic N) is 12. The molecular formula is C93H108N18O9. The number of anilines is 6. The van der Waals surface area contributed by atoms with Gasteiger partial charge >= 0.3 is 0 Å². The Labute approximate surface area is 698 Å². The molecule has 0 unspecified atom stereocenters. The van der Waals surface area contributed by atoms with E-state index in [1.54, 1.807) is 13.7 Å². The van der Waals surface area contributed by atoms with E-state index in [9.17, 15) is 28.8 Å². The lowest BCUT2D eigenvalue weighted by Crippen LogP contribution is -2.37. The van der Waals surface area contributed by atoms with E-state index in [-0.39, 0.29) is 32.8 Å². The average Bonchev–Trinajstić information content (AvgIpc) is 0.771. The summed E-state index contributed by atoms with van der Waals surface area (Å²) in [5, 5.41) is 10.5. The zero-order valence-corrected chi connectivity index (χ0v) is 70.1. The molecule has 3 aliphatic heterocycles. The highest BCUT2D eigenvalue weighted by molar-refractivity contribution is 5.98. The maximum atomic E-state index is 13.2. The third-order valence-corrected chi connectivity index (χ3v) is 22.7. The molecule has 12 aromatic rings. The molecule has 0 aliphatic carbocycles. The molecule has 9 heterocycles. The molecule has 6 aromatic heterocycles. The number of fused-ring (bicyclic) bond motifs is 3. The molecule has 3 amide bonds. The van der Waals surface area contributed by atoms with Gasteiger partial charge in [-0.05, 0) is 248 Å². The van der Waals surface area contributed by atoms with Gasteiger partial charge in [0, 0.05) is 77.3 Å². The summed E-state index contributed by atoms with van der Waals surface area (Å²) < 4.78 is 5.24. The summed E-state index contributed by atoms with van der Waals surface area (Å²) >= 11 is 0. The summed E-state index contributed by atoms with van der Waals surface area (Å²) in [6.07, 6.45) is 22.0. The van der Waals surface area contributed by atoms with Gasteiger partial charge in [-0.3, -0.25) is 43.3 Å². The van der Waals surface area contributed by atoms with E-state index in [1.165, 1.54) is 130 Å². The second-order valence-electron chi connectivity index (χ2n) is 31.1.